The van der Waals surface area contributed by atoms with Crippen molar-refractivity contribution in [3.05, 3.63) is 76.4 Å². The number of fused-ring (bicyclic) bond motifs is 1. The van der Waals surface area contributed by atoms with E-state index < -0.39 is 0 Å². The molecule has 5 nitrogen and oxygen atoms in total. The summed E-state index contributed by atoms with van der Waals surface area (Å²) in [6.45, 7) is 2.79. The number of furan rings is 1. The molecule has 26 heavy (non-hydrogen) atoms. The maximum absolute atomic E-state index is 13.1. The van der Waals surface area contributed by atoms with Crippen LogP contribution in [0.2, 0.25) is 0 Å². The lowest BCUT2D eigenvalue weighted by Crippen LogP contribution is -2.21. The Bertz CT molecular complexity index is 1050. The van der Waals surface area contributed by atoms with Gasteiger partial charge in [-0.25, -0.2) is 4.39 Å². The molecule has 132 valence electrons. The summed E-state index contributed by atoms with van der Waals surface area (Å²) in [5.41, 5.74) is 1.82. The van der Waals surface area contributed by atoms with Crippen LogP contribution in [-0.2, 0) is 13.1 Å². The third kappa shape index (κ3) is 3.25. The van der Waals surface area contributed by atoms with Gasteiger partial charge in [-0.1, -0.05) is 12.1 Å². The van der Waals surface area contributed by atoms with Gasteiger partial charge in [0.2, 0.25) is 0 Å². The summed E-state index contributed by atoms with van der Waals surface area (Å²) in [7, 11) is 0. The average molecular weight is 369 g/mol. The molecular formula is C19H16FN3O2S. The fourth-order valence-electron chi connectivity index (χ4n) is 2.76. The number of benzene rings is 1. The summed E-state index contributed by atoms with van der Waals surface area (Å²) >= 11 is 1.40. The van der Waals surface area contributed by atoms with Gasteiger partial charge in [-0.2, -0.15) is 5.10 Å². The molecule has 0 aliphatic heterocycles. The number of halogens is 1. The zero-order valence-corrected chi connectivity index (χ0v) is 14.8. The molecule has 0 aliphatic rings. The molecule has 0 saturated heterocycles. The minimum Gasteiger partial charge on any atom is -0.467 e. The predicted molar refractivity (Wildman–Crippen MR) is 97.7 cm³/mol. The van der Waals surface area contributed by atoms with Crippen LogP contribution in [0.25, 0.3) is 10.2 Å². The van der Waals surface area contributed by atoms with E-state index in [0.717, 1.165) is 21.5 Å². The van der Waals surface area contributed by atoms with Crippen molar-refractivity contribution in [1.82, 2.24) is 15.1 Å². The van der Waals surface area contributed by atoms with E-state index in [1.807, 2.05) is 23.7 Å². The summed E-state index contributed by atoms with van der Waals surface area (Å²) in [6.07, 6.45) is 1.58. The Morgan fingerprint density at radius 2 is 2.12 bits per heavy atom. The molecule has 0 bridgehead atoms. The first-order valence-corrected chi connectivity index (χ1v) is 8.94. The molecule has 4 aromatic rings. The normalized spacial score (nSPS) is 11.2. The first-order valence-electron chi connectivity index (χ1n) is 8.12. The van der Waals surface area contributed by atoms with E-state index in [0.29, 0.717) is 23.7 Å². The number of rotatable bonds is 5. The van der Waals surface area contributed by atoms with Crippen molar-refractivity contribution in [2.24, 2.45) is 0 Å². The van der Waals surface area contributed by atoms with Crippen molar-refractivity contribution in [2.45, 2.75) is 20.0 Å². The Kier molecular flexibility index (Phi) is 4.30. The molecule has 0 atom stereocenters. The molecule has 0 aliphatic carbocycles. The molecule has 1 aromatic carbocycles. The second-order valence-electron chi connectivity index (χ2n) is 5.96. The minimum atomic E-state index is -0.262. The zero-order chi connectivity index (χ0) is 18.1. The van der Waals surface area contributed by atoms with Gasteiger partial charge < -0.3 is 9.73 Å². The SMILES string of the molecule is Cc1nn(Cc2ccc(F)cc2)c2sc(C(=O)NCc3ccco3)cc12. The van der Waals surface area contributed by atoms with Gasteiger partial charge in [-0.05, 0) is 42.8 Å². The Balaban J connectivity index is 1.56. The molecule has 0 saturated carbocycles. The highest BCUT2D eigenvalue weighted by atomic mass is 32.1. The topological polar surface area (TPSA) is 60.1 Å². The molecule has 0 radical (unpaired) electrons. The summed E-state index contributed by atoms with van der Waals surface area (Å²) < 4.78 is 20.2. The Morgan fingerprint density at radius 3 is 2.85 bits per heavy atom. The molecule has 7 heteroatoms. The number of carbonyl (C=O) groups is 1. The zero-order valence-electron chi connectivity index (χ0n) is 14.0. The van der Waals surface area contributed by atoms with Crippen molar-refractivity contribution < 1.29 is 13.6 Å². The lowest BCUT2D eigenvalue weighted by atomic mass is 10.2. The van der Waals surface area contributed by atoms with E-state index in [9.17, 15) is 9.18 Å². The van der Waals surface area contributed by atoms with Crippen molar-refractivity contribution in [3.63, 3.8) is 0 Å². The largest absolute Gasteiger partial charge is 0.467 e. The molecule has 1 amide bonds. The molecule has 0 spiro atoms. The number of amides is 1. The first-order chi connectivity index (χ1) is 12.6. The number of hydrogen-bond acceptors (Lipinski definition) is 4. The van der Waals surface area contributed by atoms with E-state index in [1.165, 1.54) is 23.5 Å². The minimum absolute atomic E-state index is 0.143. The average Bonchev–Trinajstić information content (AvgIpc) is 3.35. The summed E-state index contributed by atoms with van der Waals surface area (Å²) in [5.74, 6) is 0.302. The van der Waals surface area contributed by atoms with E-state index >= 15 is 0 Å². The summed E-state index contributed by atoms with van der Waals surface area (Å²) in [5, 5.41) is 8.35. The Labute approximate surface area is 153 Å². The van der Waals surface area contributed by atoms with Crippen LogP contribution in [0.1, 0.15) is 26.7 Å². The number of hydrogen-bond donors (Lipinski definition) is 1. The highest BCUT2D eigenvalue weighted by Crippen LogP contribution is 2.29. The molecule has 4 rings (SSSR count). The quantitative estimate of drug-likeness (QED) is 0.576. The molecular weight excluding hydrogens is 353 g/mol. The second kappa shape index (κ2) is 6.76. The standard InChI is InChI=1S/C19H16FN3O2S/c1-12-16-9-17(18(24)21-10-15-3-2-8-25-15)26-19(16)23(22-12)11-13-4-6-14(20)7-5-13/h2-9H,10-11H2,1H3,(H,21,24). The van der Waals surface area contributed by atoms with Crippen LogP contribution in [0.4, 0.5) is 4.39 Å². The Morgan fingerprint density at radius 1 is 1.31 bits per heavy atom. The fraction of sp³-hybridized carbons (Fsp3) is 0.158. The number of aryl methyl sites for hydroxylation is 1. The van der Waals surface area contributed by atoms with Crippen molar-refractivity contribution >= 4 is 27.5 Å². The van der Waals surface area contributed by atoms with Gasteiger partial charge >= 0.3 is 0 Å². The highest BCUT2D eigenvalue weighted by molar-refractivity contribution is 7.20. The monoisotopic (exact) mass is 369 g/mol. The van der Waals surface area contributed by atoms with Crippen LogP contribution in [0.3, 0.4) is 0 Å². The first kappa shape index (κ1) is 16.5. The van der Waals surface area contributed by atoms with E-state index in [1.54, 1.807) is 24.5 Å². The Hall–Kier alpha value is -2.93. The molecule has 3 aromatic heterocycles. The van der Waals surface area contributed by atoms with Crippen LogP contribution in [-0.4, -0.2) is 15.7 Å². The van der Waals surface area contributed by atoms with Crippen LogP contribution in [0.15, 0.2) is 53.1 Å². The third-order valence-electron chi connectivity index (χ3n) is 4.08. The smallest absolute Gasteiger partial charge is 0.261 e. The van der Waals surface area contributed by atoms with Crippen molar-refractivity contribution in [1.29, 1.82) is 0 Å². The van der Waals surface area contributed by atoms with Gasteiger partial charge in [-0.15, -0.1) is 11.3 Å². The number of aromatic nitrogens is 2. The van der Waals surface area contributed by atoms with E-state index in [4.69, 9.17) is 4.42 Å². The number of nitrogens with zero attached hydrogens (tertiary/aromatic N) is 2. The molecule has 3 heterocycles. The maximum Gasteiger partial charge on any atom is 0.261 e. The maximum atomic E-state index is 13.1. The molecule has 1 N–H and O–H groups in total. The lowest BCUT2D eigenvalue weighted by molar-refractivity contribution is 0.0952. The number of nitrogens with one attached hydrogen (secondary N) is 1. The molecule has 0 fully saturated rings. The summed E-state index contributed by atoms with van der Waals surface area (Å²) in [4.78, 5) is 14.0. The highest BCUT2D eigenvalue weighted by Gasteiger charge is 2.16. The fourth-order valence-corrected chi connectivity index (χ4v) is 3.84. The van der Waals surface area contributed by atoms with Gasteiger partial charge in [0.1, 0.15) is 16.4 Å². The van der Waals surface area contributed by atoms with Gasteiger partial charge in [0.25, 0.3) is 5.91 Å². The van der Waals surface area contributed by atoms with Crippen molar-refractivity contribution in [3.8, 4) is 0 Å². The second-order valence-corrected chi connectivity index (χ2v) is 6.99. The van der Waals surface area contributed by atoms with Gasteiger partial charge in [-0.3, -0.25) is 9.48 Å². The van der Waals surface area contributed by atoms with Gasteiger partial charge in [0.15, 0.2) is 0 Å². The van der Waals surface area contributed by atoms with Crippen LogP contribution >= 0.6 is 11.3 Å². The van der Waals surface area contributed by atoms with E-state index in [2.05, 4.69) is 10.4 Å². The number of thiophene rings is 1. The van der Waals surface area contributed by atoms with Crippen molar-refractivity contribution in [2.75, 3.05) is 0 Å². The lowest BCUT2D eigenvalue weighted by Gasteiger charge is -2.03. The predicted octanol–water partition coefficient (Wildman–Crippen LogP) is 4.12. The van der Waals surface area contributed by atoms with Crippen LogP contribution in [0, 0.1) is 12.7 Å². The van der Waals surface area contributed by atoms with Gasteiger partial charge in [0.05, 0.1) is 29.9 Å². The van der Waals surface area contributed by atoms with Crippen LogP contribution < -0.4 is 5.32 Å². The summed E-state index contributed by atoms with van der Waals surface area (Å²) in [6, 6.07) is 11.8. The molecule has 0 unspecified atom stereocenters. The van der Waals surface area contributed by atoms with E-state index in [-0.39, 0.29) is 11.7 Å². The van der Waals surface area contributed by atoms with Gasteiger partial charge in [0, 0.05) is 5.39 Å². The third-order valence-corrected chi connectivity index (χ3v) is 5.23. The van der Waals surface area contributed by atoms with Crippen LogP contribution in [0.5, 0.6) is 0 Å². The number of carbonyl (C=O) groups excluding carboxylic acids is 1.